The molecule has 0 bridgehead atoms. The Balaban J connectivity index is 2.24. The summed E-state index contributed by atoms with van der Waals surface area (Å²) in [6, 6.07) is 9.55. The van der Waals surface area contributed by atoms with E-state index in [-0.39, 0.29) is 6.61 Å². The van der Waals surface area contributed by atoms with Crippen molar-refractivity contribution in [1.29, 1.82) is 0 Å². The first-order valence-electron chi connectivity index (χ1n) is 8.16. The van der Waals surface area contributed by atoms with Crippen LogP contribution in [0.4, 0.5) is 0 Å². The Kier molecular flexibility index (Phi) is 7.70. The SMILES string of the molecule is CCOc1cc(CNC(C)C)cc(Cl)c1OCc1c(Cl)cccc1Cl. The molecular weight excluding hydrogens is 381 g/mol. The highest BCUT2D eigenvalue weighted by Gasteiger charge is 2.15. The quantitative estimate of drug-likeness (QED) is 0.576. The Morgan fingerprint density at radius 3 is 2.28 bits per heavy atom. The van der Waals surface area contributed by atoms with Gasteiger partial charge in [0, 0.05) is 28.2 Å². The Hall–Kier alpha value is -1.13. The molecule has 0 amide bonds. The van der Waals surface area contributed by atoms with Crippen LogP contribution in [0.3, 0.4) is 0 Å². The van der Waals surface area contributed by atoms with E-state index in [4.69, 9.17) is 44.3 Å². The third kappa shape index (κ3) is 5.68. The van der Waals surface area contributed by atoms with Crippen LogP contribution in [0.5, 0.6) is 11.5 Å². The summed E-state index contributed by atoms with van der Waals surface area (Å²) in [5.74, 6) is 1.10. The minimum atomic E-state index is 0.210. The molecule has 0 aliphatic carbocycles. The molecule has 25 heavy (non-hydrogen) atoms. The average Bonchev–Trinajstić information content (AvgIpc) is 2.54. The minimum absolute atomic E-state index is 0.210. The van der Waals surface area contributed by atoms with Crippen LogP contribution >= 0.6 is 34.8 Å². The summed E-state index contributed by atoms with van der Waals surface area (Å²) >= 11 is 18.8. The van der Waals surface area contributed by atoms with Crippen molar-refractivity contribution in [2.75, 3.05) is 6.61 Å². The van der Waals surface area contributed by atoms with Gasteiger partial charge in [-0.05, 0) is 36.8 Å². The fourth-order valence-electron chi connectivity index (χ4n) is 2.26. The van der Waals surface area contributed by atoms with Crippen LogP contribution in [0.2, 0.25) is 15.1 Å². The number of rotatable bonds is 8. The predicted octanol–water partition coefficient (Wildman–Crippen LogP) is 6.12. The summed E-state index contributed by atoms with van der Waals surface area (Å²) in [6.45, 7) is 7.53. The molecule has 0 spiro atoms. The summed E-state index contributed by atoms with van der Waals surface area (Å²) in [5, 5.41) is 4.97. The van der Waals surface area contributed by atoms with Gasteiger partial charge in [0.15, 0.2) is 11.5 Å². The molecule has 0 unspecified atom stereocenters. The molecule has 1 N–H and O–H groups in total. The van der Waals surface area contributed by atoms with Crippen molar-refractivity contribution in [2.45, 2.75) is 40.0 Å². The van der Waals surface area contributed by atoms with Crippen molar-refractivity contribution in [3.63, 3.8) is 0 Å². The largest absolute Gasteiger partial charge is 0.490 e. The topological polar surface area (TPSA) is 30.5 Å². The van der Waals surface area contributed by atoms with Crippen molar-refractivity contribution in [3.8, 4) is 11.5 Å². The highest BCUT2D eigenvalue weighted by atomic mass is 35.5. The second kappa shape index (κ2) is 9.54. The second-order valence-corrected chi connectivity index (χ2v) is 7.08. The number of hydrogen-bond acceptors (Lipinski definition) is 3. The highest BCUT2D eigenvalue weighted by Crippen LogP contribution is 2.38. The van der Waals surface area contributed by atoms with Gasteiger partial charge in [0.1, 0.15) is 6.61 Å². The monoisotopic (exact) mass is 401 g/mol. The third-order valence-corrected chi connectivity index (χ3v) is 4.50. The van der Waals surface area contributed by atoms with Gasteiger partial charge in [-0.3, -0.25) is 0 Å². The minimum Gasteiger partial charge on any atom is -0.490 e. The number of benzene rings is 2. The van der Waals surface area contributed by atoms with Gasteiger partial charge in [0.2, 0.25) is 0 Å². The summed E-state index contributed by atoms with van der Waals surface area (Å²) < 4.78 is 11.6. The maximum absolute atomic E-state index is 6.43. The maximum atomic E-state index is 6.43. The average molecular weight is 403 g/mol. The molecule has 2 aromatic rings. The first kappa shape index (κ1) is 20.2. The van der Waals surface area contributed by atoms with E-state index in [0.717, 1.165) is 11.1 Å². The van der Waals surface area contributed by atoms with E-state index in [1.807, 2.05) is 19.1 Å². The Morgan fingerprint density at radius 1 is 1.00 bits per heavy atom. The Morgan fingerprint density at radius 2 is 1.68 bits per heavy atom. The highest BCUT2D eigenvalue weighted by molar-refractivity contribution is 6.36. The molecule has 0 fully saturated rings. The zero-order chi connectivity index (χ0) is 18.4. The van der Waals surface area contributed by atoms with E-state index in [1.165, 1.54) is 0 Å². The van der Waals surface area contributed by atoms with E-state index < -0.39 is 0 Å². The van der Waals surface area contributed by atoms with Crippen LogP contribution in [0, 0.1) is 0 Å². The van der Waals surface area contributed by atoms with Crippen molar-refractivity contribution in [1.82, 2.24) is 5.32 Å². The fraction of sp³-hybridized carbons (Fsp3) is 0.368. The Labute approximate surface area is 164 Å². The van der Waals surface area contributed by atoms with E-state index in [0.29, 0.717) is 45.8 Å². The van der Waals surface area contributed by atoms with E-state index in [9.17, 15) is 0 Å². The lowest BCUT2D eigenvalue weighted by molar-refractivity contribution is 0.269. The van der Waals surface area contributed by atoms with Crippen molar-refractivity contribution in [3.05, 3.63) is 56.5 Å². The van der Waals surface area contributed by atoms with Crippen LogP contribution in [-0.4, -0.2) is 12.6 Å². The molecule has 0 saturated heterocycles. The standard InChI is InChI=1S/C19H22Cl3NO2/c1-4-24-18-9-13(10-23-12(2)3)8-17(22)19(18)25-11-14-15(20)6-5-7-16(14)21/h5-9,12,23H,4,10-11H2,1-3H3. The predicted molar refractivity (Wildman–Crippen MR) is 105 cm³/mol. The van der Waals surface area contributed by atoms with E-state index >= 15 is 0 Å². The first-order valence-corrected chi connectivity index (χ1v) is 9.30. The van der Waals surface area contributed by atoms with Crippen LogP contribution < -0.4 is 14.8 Å². The third-order valence-electron chi connectivity index (χ3n) is 3.51. The number of nitrogens with one attached hydrogen (secondary N) is 1. The molecule has 0 aromatic heterocycles. The van der Waals surface area contributed by atoms with Gasteiger partial charge in [-0.2, -0.15) is 0 Å². The van der Waals surface area contributed by atoms with Gasteiger partial charge in [-0.1, -0.05) is 54.7 Å². The van der Waals surface area contributed by atoms with E-state index in [2.05, 4.69) is 19.2 Å². The molecular formula is C19H22Cl3NO2. The molecule has 0 radical (unpaired) electrons. The molecule has 136 valence electrons. The van der Waals surface area contributed by atoms with Gasteiger partial charge >= 0.3 is 0 Å². The van der Waals surface area contributed by atoms with Gasteiger partial charge in [-0.15, -0.1) is 0 Å². The molecule has 2 rings (SSSR count). The van der Waals surface area contributed by atoms with Crippen LogP contribution in [0.1, 0.15) is 31.9 Å². The number of ether oxygens (including phenoxy) is 2. The Bertz CT molecular complexity index is 700. The lowest BCUT2D eigenvalue weighted by Gasteiger charge is -2.17. The van der Waals surface area contributed by atoms with Gasteiger partial charge in [0.25, 0.3) is 0 Å². The molecule has 0 saturated carbocycles. The molecule has 0 aliphatic heterocycles. The maximum Gasteiger partial charge on any atom is 0.180 e. The summed E-state index contributed by atoms with van der Waals surface area (Å²) in [4.78, 5) is 0. The summed E-state index contributed by atoms with van der Waals surface area (Å²) in [5.41, 5.74) is 1.75. The fourth-order valence-corrected chi connectivity index (χ4v) is 3.06. The zero-order valence-corrected chi connectivity index (χ0v) is 16.8. The van der Waals surface area contributed by atoms with E-state index in [1.54, 1.807) is 18.2 Å². The van der Waals surface area contributed by atoms with Crippen molar-refractivity contribution in [2.24, 2.45) is 0 Å². The zero-order valence-electron chi connectivity index (χ0n) is 14.5. The first-order chi connectivity index (χ1) is 11.9. The molecule has 0 atom stereocenters. The van der Waals surface area contributed by atoms with Gasteiger partial charge in [0.05, 0.1) is 11.6 Å². The van der Waals surface area contributed by atoms with Crippen LogP contribution in [0.25, 0.3) is 0 Å². The normalized spacial score (nSPS) is 11.0. The van der Waals surface area contributed by atoms with Gasteiger partial charge < -0.3 is 14.8 Å². The molecule has 3 nitrogen and oxygen atoms in total. The van der Waals surface area contributed by atoms with Crippen molar-refractivity contribution < 1.29 is 9.47 Å². The second-order valence-electron chi connectivity index (χ2n) is 5.86. The smallest absolute Gasteiger partial charge is 0.180 e. The lowest BCUT2D eigenvalue weighted by Crippen LogP contribution is -2.21. The van der Waals surface area contributed by atoms with Crippen molar-refractivity contribution >= 4 is 34.8 Å². The van der Waals surface area contributed by atoms with Crippen LogP contribution in [0.15, 0.2) is 30.3 Å². The number of hydrogen-bond donors (Lipinski definition) is 1. The molecule has 6 heteroatoms. The molecule has 0 aliphatic rings. The van der Waals surface area contributed by atoms with Gasteiger partial charge in [-0.25, -0.2) is 0 Å². The number of halogens is 3. The van der Waals surface area contributed by atoms with Crippen LogP contribution in [-0.2, 0) is 13.2 Å². The lowest BCUT2D eigenvalue weighted by atomic mass is 10.2. The summed E-state index contributed by atoms with van der Waals surface area (Å²) in [6.07, 6.45) is 0. The molecule has 0 heterocycles. The molecule has 2 aromatic carbocycles. The summed E-state index contributed by atoms with van der Waals surface area (Å²) in [7, 11) is 0.